The number of fused-ring (bicyclic) bond motifs is 2. The molecule has 3 aliphatic heterocycles. The monoisotopic (exact) mass is 436 g/mol. The Hall–Kier alpha value is -1.29. The Balaban J connectivity index is 1.68. The molecule has 3 saturated heterocycles. The van der Waals surface area contributed by atoms with Crippen molar-refractivity contribution in [2.24, 2.45) is 0 Å². The Morgan fingerprint density at radius 2 is 1.87 bits per heavy atom. The van der Waals surface area contributed by atoms with E-state index in [4.69, 9.17) is 28.1 Å². The molecule has 8 heteroatoms. The third-order valence-corrected chi connectivity index (χ3v) is 11.2. The van der Waals surface area contributed by atoms with Crippen LogP contribution in [-0.4, -0.2) is 58.2 Å². The second-order valence-electron chi connectivity index (χ2n) is 9.78. The van der Waals surface area contributed by atoms with E-state index in [1.54, 1.807) is 0 Å². The van der Waals surface area contributed by atoms with Crippen molar-refractivity contribution in [2.45, 2.75) is 81.8 Å². The molecule has 3 aliphatic rings. The van der Waals surface area contributed by atoms with Gasteiger partial charge in [0.25, 0.3) is 0 Å². The molecule has 4 rings (SSSR count). The summed E-state index contributed by atoms with van der Waals surface area (Å²) in [5, 5.41) is -0.0247. The Labute approximate surface area is 179 Å². The van der Waals surface area contributed by atoms with Gasteiger partial charge >= 0.3 is 5.97 Å². The van der Waals surface area contributed by atoms with E-state index in [2.05, 4.69) is 33.9 Å². The van der Waals surface area contributed by atoms with Gasteiger partial charge in [-0.25, -0.2) is 0 Å². The first-order valence-electron chi connectivity index (χ1n) is 10.5. The Morgan fingerprint density at radius 3 is 2.50 bits per heavy atom. The first kappa shape index (κ1) is 21.9. The van der Waals surface area contributed by atoms with Crippen molar-refractivity contribution in [3.05, 3.63) is 35.9 Å². The molecular weight excluding hydrogens is 404 g/mol. The molecule has 0 aromatic heterocycles. The average Bonchev–Trinajstić information content (AvgIpc) is 3.03. The minimum Gasteiger partial charge on any atom is -0.454 e. The second kappa shape index (κ2) is 7.69. The van der Waals surface area contributed by atoms with Crippen molar-refractivity contribution < 1.29 is 32.9 Å². The van der Waals surface area contributed by atoms with Crippen molar-refractivity contribution in [1.29, 1.82) is 0 Å². The van der Waals surface area contributed by atoms with Gasteiger partial charge in [0, 0.05) is 12.7 Å². The summed E-state index contributed by atoms with van der Waals surface area (Å²) in [6, 6.07) is 9.78. The highest BCUT2D eigenvalue weighted by Gasteiger charge is 2.65. The van der Waals surface area contributed by atoms with Crippen molar-refractivity contribution in [2.75, 3.05) is 13.7 Å². The summed E-state index contributed by atoms with van der Waals surface area (Å²) in [4.78, 5) is 12.3. The van der Waals surface area contributed by atoms with Crippen molar-refractivity contribution >= 4 is 14.3 Å². The van der Waals surface area contributed by atoms with Crippen LogP contribution in [0.4, 0.5) is 0 Å². The number of benzene rings is 1. The molecule has 0 radical (unpaired) electrons. The number of methoxy groups -OCH3 is 1. The fraction of sp³-hybridized carbons (Fsp3) is 0.682. The molecule has 30 heavy (non-hydrogen) atoms. The highest BCUT2D eigenvalue weighted by Crippen LogP contribution is 2.48. The Bertz CT molecular complexity index is 777. The molecule has 0 N–H and O–H groups in total. The van der Waals surface area contributed by atoms with Crippen molar-refractivity contribution in [3.8, 4) is 0 Å². The van der Waals surface area contributed by atoms with E-state index in [1.165, 1.54) is 7.11 Å². The minimum absolute atomic E-state index is 0.0247. The molecule has 0 saturated carbocycles. The Kier molecular flexibility index (Phi) is 5.62. The molecule has 0 bridgehead atoms. The number of rotatable bonds is 4. The average molecular weight is 437 g/mol. The lowest BCUT2D eigenvalue weighted by molar-refractivity contribution is -0.382. The lowest BCUT2D eigenvalue weighted by Gasteiger charge is -2.53. The Morgan fingerprint density at radius 1 is 1.17 bits per heavy atom. The van der Waals surface area contributed by atoms with Crippen molar-refractivity contribution in [3.63, 3.8) is 0 Å². The van der Waals surface area contributed by atoms with Crippen LogP contribution in [0.2, 0.25) is 18.1 Å². The number of carbonyl (C=O) groups is 1. The lowest BCUT2D eigenvalue weighted by Crippen LogP contribution is -2.68. The van der Waals surface area contributed by atoms with Crippen LogP contribution in [0.25, 0.3) is 0 Å². The topological polar surface area (TPSA) is 72.5 Å². The van der Waals surface area contributed by atoms with Crippen LogP contribution in [0.1, 0.15) is 39.0 Å². The second-order valence-corrected chi connectivity index (χ2v) is 14.5. The molecule has 1 aromatic carbocycles. The summed E-state index contributed by atoms with van der Waals surface area (Å²) in [6.45, 7) is 11.2. The molecule has 3 fully saturated rings. The van der Waals surface area contributed by atoms with Crippen LogP contribution in [0.5, 0.6) is 0 Å². The minimum atomic E-state index is -2.22. The predicted octanol–water partition coefficient (Wildman–Crippen LogP) is 3.55. The van der Waals surface area contributed by atoms with Gasteiger partial charge in [0.1, 0.15) is 24.7 Å². The van der Waals surface area contributed by atoms with E-state index in [-0.39, 0.29) is 17.4 Å². The van der Waals surface area contributed by atoms with E-state index >= 15 is 0 Å². The van der Waals surface area contributed by atoms with Crippen LogP contribution in [-0.2, 0) is 32.9 Å². The van der Waals surface area contributed by atoms with Gasteiger partial charge < -0.3 is 28.1 Å². The van der Waals surface area contributed by atoms with Gasteiger partial charge in [0.05, 0.1) is 6.61 Å². The van der Waals surface area contributed by atoms with Gasteiger partial charge in [0.2, 0.25) is 5.79 Å². The highest BCUT2D eigenvalue weighted by molar-refractivity contribution is 6.74. The molecule has 0 spiro atoms. The van der Waals surface area contributed by atoms with Gasteiger partial charge in [-0.15, -0.1) is 0 Å². The van der Waals surface area contributed by atoms with Crippen LogP contribution in [0, 0.1) is 0 Å². The van der Waals surface area contributed by atoms with Gasteiger partial charge in [-0.1, -0.05) is 51.1 Å². The van der Waals surface area contributed by atoms with Crippen LogP contribution < -0.4 is 0 Å². The summed E-state index contributed by atoms with van der Waals surface area (Å²) in [5.74, 6) is -1.54. The maximum Gasteiger partial charge on any atom is 0.312 e. The van der Waals surface area contributed by atoms with E-state index in [9.17, 15) is 4.79 Å². The largest absolute Gasteiger partial charge is 0.454 e. The number of hydrogen-bond donors (Lipinski definition) is 0. The molecule has 0 amide bonds. The maximum absolute atomic E-state index is 12.3. The summed E-state index contributed by atoms with van der Waals surface area (Å²) in [7, 11) is -0.683. The zero-order valence-corrected chi connectivity index (χ0v) is 19.5. The maximum atomic E-state index is 12.3. The SMILES string of the molecule is CO[C@]12CC(=O)O[C@H]1[C@@H](O[Si](C)(C)C(C)(C)C)[C@@H]1O[C@H](c3ccccc3)OC[C@H]1O2. The van der Waals surface area contributed by atoms with Gasteiger partial charge in [-0.3, -0.25) is 4.79 Å². The van der Waals surface area contributed by atoms with E-state index in [0.717, 1.165) is 5.56 Å². The fourth-order valence-corrected chi connectivity index (χ4v) is 5.33. The summed E-state index contributed by atoms with van der Waals surface area (Å²) >= 11 is 0. The molecule has 7 nitrogen and oxygen atoms in total. The third-order valence-electron chi connectivity index (χ3n) is 6.77. The number of hydrogen-bond acceptors (Lipinski definition) is 7. The molecular formula is C22H32O7Si. The lowest BCUT2D eigenvalue weighted by atomic mass is 9.91. The fourth-order valence-electron chi connectivity index (χ4n) is 4.03. The van der Waals surface area contributed by atoms with Crippen LogP contribution >= 0.6 is 0 Å². The third kappa shape index (κ3) is 3.74. The molecule has 6 atom stereocenters. The summed E-state index contributed by atoms with van der Waals surface area (Å²) in [5.41, 5.74) is 0.925. The van der Waals surface area contributed by atoms with E-state index < -0.39 is 44.8 Å². The zero-order valence-electron chi connectivity index (χ0n) is 18.5. The smallest absolute Gasteiger partial charge is 0.312 e. The molecule has 0 unspecified atom stereocenters. The van der Waals surface area contributed by atoms with Gasteiger partial charge in [-0.05, 0) is 18.1 Å². The molecule has 166 valence electrons. The van der Waals surface area contributed by atoms with Crippen LogP contribution in [0.15, 0.2) is 30.3 Å². The van der Waals surface area contributed by atoms with Gasteiger partial charge in [-0.2, -0.15) is 0 Å². The standard InChI is InChI=1S/C22H32O7Si/c1-21(2,3)30(5,6)29-18-17-15(28-22(24-4)12-16(23)26-19(18)22)13-25-20(27-17)14-10-8-7-9-11-14/h7-11,15,17-20H,12-13H2,1-6H3/t15-,17-,18+,19+,20-,22+/m1/s1. The first-order chi connectivity index (χ1) is 14.1. The van der Waals surface area contributed by atoms with Gasteiger partial charge in [0.15, 0.2) is 20.7 Å². The summed E-state index contributed by atoms with van der Waals surface area (Å²) < 4.78 is 36.8. The normalized spacial score (nSPS) is 36.7. The number of ether oxygens (including phenoxy) is 5. The molecule has 1 aromatic rings. The van der Waals surface area contributed by atoms with Crippen molar-refractivity contribution in [1.82, 2.24) is 0 Å². The molecule has 3 heterocycles. The van der Waals surface area contributed by atoms with E-state index in [1.807, 2.05) is 30.3 Å². The van der Waals surface area contributed by atoms with E-state index in [0.29, 0.717) is 6.61 Å². The quantitative estimate of drug-likeness (QED) is 0.528. The van der Waals surface area contributed by atoms with Crippen LogP contribution in [0.3, 0.4) is 0 Å². The first-order valence-corrected chi connectivity index (χ1v) is 13.4. The highest BCUT2D eigenvalue weighted by atomic mass is 28.4. The molecule has 0 aliphatic carbocycles. The summed E-state index contributed by atoms with van der Waals surface area (Å²) in [6.07, 6.45) is -2.58. The zero-order chi connectivity index (χ0) is 21.7. The number of esters is 1. The predicted molar refractivity (Wildman–Crippen MR) is 111 cm³/mol. The number of carbonyl (C=O) groups excluding carboxylic acids is 1.